The van der Waals surface area contributed by atoms with Crippen molar-refractivity contribution < 1.29 is 13.2 Å². The molecule has 0 heterocycles. The molecule has 0 atom stereocenters. The fourth-order valence-electron chi connectivity index (χ4n) is 1.22. The number of carbonyl (C=O) groups excluding carboxylic acids is 1. The molecule has 1 N–H and O–H groups in total. The van der Waals surface area contributed by atoms with Crippen LogP contribution >= 0.6 is 15.9 Å². The number of benzene rings is 1. The summed E-state index contributed by atoms with van der Waals surface area (Å²) < 4.78 is 26.7. The molecule has 0 aliphatic heterocycles. The topological polar surface area (TPSA) is 66.5 Å². The van der Waals surface area contributed by atoms with Gasteiger partial charge >= 0.3 is 0 Å². The molecule has 0 bridgehead atoms. The first kappa shape index (κ1) is 15.1. The van der Waals surface area contributed by atoms with Crippen molar-refractivity contribution in [1.82, 2.24) is 9.62 Å². The largest absolute Gasteiger partial charge is 0.348 e. The van der Waals surface area contributed by atoms with E-state index in [4.69, 9.17) is 0 Å². The average molecular weight is 335 g/mol. The Morgan fingerprint density at radius 2 is 2.00 bits per heavy atom. The van der Waals surface area contributed by atoms with E-state index < -0.39 is 10.0 Å². The minimum Gasteiger partial charge on any atom is -0.348 e. The number of hydrogen-bond acceptors (Lipinski definition) is 3. The van der Waals surface area contributed by atoms with E-state index in [0.29, 0.717) is 4.47 Å². The summed E-state index contributed by atoms with van der Waals surface area (Å²) in [7, 11) is -0.545. The van der Waals surface area contributed by atoms with Crippen LogP contribution in [-0.2, 0) is 14.8 Å². The van der Waals surface area contributed by atoms with Crippen LogP contribution in [0.4, 0.5) is 0 Å². The van der Waals surface area contributed by atoms with Crippen molar-refractivity contribution in [3.8, 4) is 0 Å². The van der Waals surface area contributed by atoms with Crippen molar-refractivity contribution in [2.24, 2.45) is 0 Å². The molecule has 0 spiro atoms. The van der Waals surface area contributed by atoms with Gasteiger partial charge in [-0.1, -0.05) is 6.07 Å². The molecule has 0 unspecified atom stereocenters. The van der Waals surface area contributed by atoms with Crippen LogP contribution in [0.15, 0.2) is 27.6 Å². The highest BCUT2D eigenvalue weighted by Gasteiger charge is 2.18. The number of likely N-dealkylation sites (N-methyl/N-ethyl adjacent to an activating group) is 1. The Hall–Kier alpha value is -0.920. The van der Waals surface area contributed by atoms with Crippen LogP contribution in [-0.4, -0.2) is 39.9 Å². The van der Waals surface area contributed by atoms with Crippen LogP contribution < -0.4 is 4.72 Å². The molecule has 0 saturated heterocycles. The maximum absolute atomic E-state index is 12.0. The fraction of sp³-hybridized carbons (Fsp3) is 0.364. The lowest BCUT2D eigenvalue weighted by atomic mass is 10.2. The molecule has 0 saturated carbocycles. The molecular formula is C11H15BrN2O3S. The van der Waals surface area contributed by atoms with Crippen molar-refractivity contribution in [2.75, 3.05) is 20.6 Å². The molecule has 1 rings (SSSR count). The van der Waals surface area contributed by atoms with Gasteiger partial charge < -0.3 is 4.90 Å². The smallest absolute Gasteiger partial charge is 0.242 e. The molecule has 0 radical (unpaired) electrons. The standard InChI is InChI=1S/C11H15BrN2O3S/c1-8-4-5-10(9(12)6-8)18(16,17)13-7-11(15)14(2)3/h4-6,13H,7H2,1-3H3. The monoisotopic (exact) mass is 334 g/mol. The summed E-state index contributed by atoms with van der Waals surface area (Å²) in [6.45, 7) is 1.61. The minimum absolute atomic E-state index is 0.125. The number of halogens is 1. The van der Waals surface area contributed by atoms with E-state index in [1.54, 1.807) is 26.2 Å². The lowest BCUT2D eigenvalue weighted by Gasteiger charge is -2.12. The molecule has 7 heteroatoms. The Morgan fingerprint density at radius 1 is 1.39 bits per heavy atom. The molecule has 1 aromatic carbocycles. The second-order valence-electron chi connectivity index (χ2n) is 4.05. The highest BCUT2D eigenvalue weighted by atomic mass is 79.9. The van der Waals surface area contributed by atoms with Crippen molar-refractivity contribution in [3.63, 3.8) is 0 Å². The Balaban J connectivity index is 2.90. The third-order valence-corrected chi connectivity index (χ3v) is 4.67. The molecular weight excluding hydrogens is 320 g/mol. The van der Waals surface area contributed by atoms with Crippen LogP contribution in [0.3, 0.4) is 0 Å². The van der Waals surface area contributed by atoms with Gasteiger partial charge in [-0.15, -0.1) is 0 Å². The number of nitrogens with one attached hydrogen (secondary N) is 1. The zero-order valence-electron chi connectivity index (χ0n) is 10.4. The van der Waals surface area contributed by atoms with Crippen molar-refractivity contribution in [1.29, 1.82) is 0 Å². The number of sulfonamides is 1. The Morgan fingerprint density at radius 3 is 2.50 bits per heavy atom. The normalized spacial score (nSPS) is 11.3. The number of aryl methyl sites for hydroxylation is 1. The Bertz CT molecular complexity index is 555. The van der Waals surface area contributed by atoms with E-state index in [1.165, 1.54) is 11.0 Å². The first-order chi connectivity index (χ1) is 8.24. The minimum atomic E-state index is -3.68. The van der Waals surface area contributed by atoms with E-state index in [-0.39, 0.29) is 17.3 Å². The predicted octanol–water partition coefficient (Wildman–Crippen LogP) is 1.12. The van der Waals surface area contributed by atoms with Crippen molar-refractivity contribution in [2.45, 2.75) is 11.8 Å². The number of carbonyl (C=O) groups is 1. The first-order valence-corrected chi connectivity index (χ1v) is 7.47. The number of nitrogens with zero attached hydrogens (tertiary/aromatic N) is 1. The zero-order valence-corrected chi connectivity index (χ0v) is 12.8. The summed E-state index contributed by atoms with van der Waals surface area (Å²) in [5, 5.41) is 0. The zero-order chi connectivity index (χ0) is 13.9. The Kier molecular flexibility index (Phi) is 4.89. The van der Waals surface area contributed by atoms with E-state index in [0.717, 1.165) is 5.56 Å². The summed E-state index contributed by atoms with van der Waals surface area (Å²) in [6, 6.07) is 4.91. The van der Waals surface area contributed by atoms with E-state index >= 15 is 0 Å². The van der Waals surface area contributed by atoms with Gasteiger partial charge in [-0.3, -0.25) is 4.79 Å². The molecule has 1 aromatic rings. The summed E-state index contributed by atoms with van der Waals surface area (Å²) in [4.78, 5) is 12.8. The quantitative estimate of drug-likeness (QED) is 0.897. The molecule has 0 fully saturated rings. The van der Waals surface area contributed by atoms with Gasteiger partial charge in [0.1, 0.15) is 0 Å². The lowest BCUT2D eigenvalue weighted by Crippen LogP contribution is -2.36. The molecule has 18 heavy (non-hydrogen) atoms. The Labute approximate surface area is 115 Å². The third-order valence-electron chi connectivity index (χ3n) is 2.29. The number of hydrogen-bond donors (Lipinski definition) is 1. The van der Waals surface area contributed by atoms with Crippen LogP contribution in [0.1, 0.15) is 5.56 Å². The van der Waals surface area contributed by atoms with Gasteiger partial charge in [-0.2, -0.15) is 0 Å². The average Bonchev–Trinajstić information content (AvgIpc) is 2.25. The molecule has 0 aliphatic rings. The summed E-state index contributed by atoms with van der Waals surface area (Å²) in [6.07, 6.45) is 0. The SMILES string of the molecule is Cc1ccc(S(=O)(=O)NCC(=O)N(C)C)c(Br)c1. The third kappa shape index (κ3) is 3.79. The molecule has 1 amide bonds. The van der Waals surface area contributed by atoms with Gasteiger partial charge in [-0.25, -0.2) is 13.1 Å². The van der Waals surface area contributed by atoms with E-state index in [9.17, 15) is 13.2 Å². The number of amides is 1. The van der Waals surface area contributed by atoms with Gasteiger partial charge in [0, 0.05) is 18.6 Å². The molecule has 100 valence electrons. The second kappa shape index (κ2) is 5.81. The molecule has 0 aromatic heterocycles. The van der Waals surface area contributed by atoms with Gasteiger partial charge in [-0.05, 0) is 40.5 Å². The van der Waals surface area contributed by atoms with Gasteiger partial charge in [0.2, 0.25) is 15.9 Å². The summed E-state index contributed by atoms with van der Waals surface area (Å²) >= 11 is 3.20. The summed E-state index contributed by atoms with van der Waals surface area (Å²) in [5.74, 6) is -0.304. The summed E-state index contributed by atoms with van der Waals surface area (Å²) in [5.41, 5.74) is 0.949. The number of rotatable bonds is 4. The van der Waals surface area contributed by atoms with Crippen molar-refractivity contribution >= 4 is 31.9 Å². The van der Waals surface area contributed by atoms with Gasteiger partial charge in [0.05, 0.1) is 11.4 Å². The highest BCUT2D eigenvalue weighted by molar-refractivity contribution is 9.10. The lowest BCUT2D eigenvalue weighted by molar-refractivity contribution is -0.127. The fourth-order valence-corrected chi connectivity index (χ4v) is 3.38. The van der Waals surface area contributed by atoms with Crippen LogP contribution in [0, 0.1) is 6.92 Å². The molecule has 0 aliphatic carbocycles. The van der Waals surface area contributed by atoms with Crippen LogP contribution in [0.5, 0.6) is 0 Å². The maximum Gasteiger partial charge on any atom is 0.242 e. The van der Waals surface area contributed by atoms with E-state index in [2.05, 4.69) is 20.7 Å². The highest BCUT2D eigenvalue weighted by Crippen LogP contribution is 2.22. The first-order valence-electron chi connectivity index (χ1n) is 5.20. The van der Waals surface area contributed by atoms with Gasteiger partial charge in [0.15, 0.2) is 0 Å². The van der Waals surface area contributed by atoms with Crippen LogP contribution in [0.2, 0.25) is 0 Å². The molecule has 5 nitrogen and oxygen atoms in total. The second-order valence-corrected chi connectivity index (χ2v) is 6.64. The van der Waals surface area contributed by atoms with Crippen molar-refractivity contribution in [3.05, 3.63) is 28.2 Å². The maximum atomic E-state index is 12.0. The van der Waals surface area contributed by atoms with Gasteiger partial charge in [0.25, 0.3) is 0 Å². The van der Waals surface area contributed by atoms with E-state index in [1.807, 2.05) is 6.92 Å². The van der Waals surface area contributed by atoms with Crippen LogP contribution in [0.25, 0.3) is 0 Å². The predicted molar refractivity (Wildman–Crippen MR) is 72.8 cm³/mol.